The maximum atomic E-state index is 12.4. The molecule has 0 aromatic carbocycles. The van der Waals surface area contributed by atoms with Crippen molar-refractivity contribution in [2.75, 3.05) is 19.8 Å². The Bertz CT molecular complexity index is 374. The van der Waals surface area contributed by atoms with E-state index in [0.717, 1.165) is 35.9 Å². The van der Waals surface area contributed by atoms with Gasteiger partial charge in [-0.15, -0.1) is 0 Å². The molecule has 0 aliphatic carbocycles. The van der Waals surface area contributed by atoms with Crippen molar-refractivity contribution in [1.82, 2.24) is 0 Å². The zero-order valence-electron chi connectivity index (χ0n) is 20.1. The van der Waals surface area contributed by atoms with Gasteiger partial charge in [0.2, 0.25) is 5.41 Å². The predicted octanol–water partition coefficient (Wildman–Crippen LogP) is 4.74. The van der Waals surface area contributed by atoms with E-state index in [-0.39, 0.29) is 5.41 Å². The Balaban J connectivity index is 0. The minimum atomic E-state index is -3.11. The van der Waals surface area contributed by atoms with E-state index < -0.39 is 8.80 Å². The van der Waals surface area contributed by atoms with Crippen LogP contribution in [0, 0.1) is 0 Å². The number of hydrogen-bond donors (Lipinski definition) is 0. The highest BCUT2D eigenvalue weighted by Crippen LogP contribution is 2.16. The molecule has 0 aliphatic rings. The Hall–Kier alpha value is -0.346. The van der Waals surface area contributed by atoms with Crippen molar-refractivity contribution in [1.29, 1.82) is 0 Å². The smallest absolute Gasteiger partial charge is 0.369 e. The number of unbranched alkanes of at least 4 members (excludes halogenated alkanes) is 8. The number of carbonyl (C=O) groups is 2. The minimum Gasteiger partial charge on any atom is -0.369 e. The molecule has 0 spiro atoms. The maximum absolute atomic E-state index is 12.4. The van der Waals surface area contributed by atoms with Crippen molar-refractivity contribution in [3.05, 3.63) is 0 Å². The topological polar surface area (TPSA) is 61.8 Å². The van der Waals surface area contributed by atoms with E-state index in [1.807, 2.05) is 20.8 Å². The highest BCUT2D eigenvalue weighted by atomic mass is 28.4. The van der Waals surface area contributed by atoms with E-state index in [1.54, 1.807) is 0 Å². The van der Waals surface area contributed by atoms with Gasteiger partial charge in [0, 0.05) is 32.7 Å². The maximum Gasteiger partial charge on any atom is 0.574 e. The molecule has 0 unspecified atom stereocenters. The number of rotatable bonds is 19. The summed E-state index contributed by atoms with van der Waals surface area (Å²) in [5, 5.41) is 0.506. The average molecular weight is 449 g/mol. The van der Waals surface area contributed by atoms with Crippen molar-refractivity contribution < 1.29 is 22.9 Å². The molecule has 0 heterocycles. The third-order valence-corrected chi connectivity index (χ3v) is 7.92. The molecule has 0 aliphatic heterocycles. The molecule has 0 amide bonds. The summed E-state index contributed by atoms with van der Waals surface area (Å²) in [4.78, 5) is 22.9. The summed E-state index contributed by atoms with van der Waals surface area (Å²) in [5.74, 6) is 0. The molecule has 29 heavy (non-hydrogen) atoms. The van der Waals surface area contributed by atoms with E-state index in [9.17, 15) is 9.59 Å². The van der Waals surface area contributed by atoms with Crippen LogP contribution in [-0.2, 0) is 22.9 Å². The molecule has 7 heteroatoms. The van der Waals surface area contributed by atoms with Crippen molar-refractivity contribution in [3.63, 3.8) is 0 Å². The lowest BCUT2D eigenvalue weighted by Crippen LogP contribution is -2.54. The fraction of sp³-hybridized carbons (Fsp3) is 0.909. The van der Waals surface area contributed by atoms with E-state index in [1.165, 1.54) is 44.9 Å². The normalized spacial score (nSPS) is 11.2. The van der Waals surface area contributed by atoms with Crippen molar-refractivity contribution in [2.45, 2.75) is 112 Å². The van der Waals surface area contributed by atoms with Crippen LogP contribution in [0.4, 0.5) is 0 Å². The molecule has 174 valence electrons. The van der Waals surface area contributed by atoms with Gasteiger partial charge in [0.25, 0.3) is 0 Å². The lowest BCUT2D eigenvalue weighted by atomic mass is 10.1. The number of carbonyl (C=O) groups excluding carboxylic acids is 2. The van der Waals surface area contributed by atoms with Crippen LogP contribution in [0.1, 0.15) is 112 Å². The van der Waals surface area contributed by atoms with Gasteiger partial charge < -0.3 is 18.1 Å². The molecule has 0 fully saturated rings. The molecule has 5 nitrogen and oxygen atoms in total. The van der Waals surface area contributed by atoms with Gasteiger partial charge >= 0.3 is 8.80 Å². The van der Waals surface area contributed by atoms with Crippen LogP contribution in [0.3, 0.4) is 0 Å². The van der Waals surface area contributed by atoms with Gasteiger partial charge in [0.1, 0.15) is 5.41 Å². The average Bonchev–Trinajstić information content (AvgIpc) is 2.68. The minimum absolute atomic E-state index is 0.0366. The first-order valence-electron chi connectivity index (χ1n) is 11.9. The van der Waals surface area contributed by atoms with E-state index >= 15 is 0 Å². The summed E-state index contributed by atoms with van der Waals surface area (Å²) < 4.78 is 16.8. The second kappa shape index (κ2) is 22.3. The van der Waals surface area contributed by atoms with Crippen LogP contribution >= 0.6 is 0 Å². The second-order valence-electron chi connectivity index (χ2n) is 7.31. The van der Waals surface area contributed by atoms with Gasteiger partial charge in [-0.3, -0.25) is 4.79 Å². The van der Waals surface area contributed by atoms with Crippen LogP contribution in [-0.4, -0.2) is 49.7 Å². The highest BCUT2D eigenvalue weighted by Gasteiger charge is 2.48. The third-order valence-electron chi connectivity index (χ3n) is 4.48. The summed E-state index contributed by atoms with van der Waals surface area (Å²) in [6.45, 7) is 11.4. The van der Waals surface area contributed by atoms with Crippen LogP contribution in [0.15, 0.2) is 0 Å². The quantitative estimate of drug-likeness (QED) is 0.211. The summed E-state index contributed by atoms with van der Waals surface area (Å²) >= 11 is 0. The lowest BCUT2D eigenvalue weighted by Gasteiger charge is -2.26. The Morgan fingerprint density at radius 3 is 1.34 bits per heavy atom. The van der Waals surface area contributed by atoms with E-state index in [4.69, 9.17) is 13.3 Å². The molecule has 0 rings (SSSR count). The van der Waals surface area contributed by atoms with Crippen LogP contribution in [0.2, 0.25) is 0 Å². The van der Waals surface area contributed by atoms with Gasteiger partial charge in [0.15, 0.2) is 0 Å². The summed E-state index contributed by atoms with van der Waals surface area (Å²) in [6, 6.07) is 0. The Morgan fingerprint density at radius 2 is 1.00 bits per heavy atom. The fourth-order valence-corrected chi connectivity index (χ4v) is 5.67. The van der Waals surface area contributed by atoms with Gasteiger partial charge in [-0.2, -0.15) is 0 Å². The zero-order chi connectivity index (χ0) is 22.4. The number of hydrogen-bond acceptors (Lipinski definition) is 5. The summed E-state index contributed by atoms with van der Waals surface area (Å²) in [6.07, 6.45) is 13.3. The van der Waals surface area contributed by atoms with Crippen LogP contribution in [0.25, 0.3) is 0 Å². The second-order valence-corrected chi connectivity index (χ2v) is 11.0. The largest absolute Gasteiger partial charge is 0.574 e. The molecule has 0 N–H and O–H groups in total. The summed E-state index contributed by atoms with van der Waals surface area (Å²) in [7, 11) is -2.36. The van der Waals surface area contributed by atoms with Gasteiger partial charge in [-0.05, 0) is 33.6 Å². The molecule has 0 bridgehead atoms. The Morgan fingerprint density at radius 1 is 0.621 bits per heavy atom. The van der Waals surface area contributed by atoms with Crippen molar-refractivity contribution in [3.8, 4) is 0 Å². The molecule has 0 radical (unpaired) electrons. The van der Waals surface area contributed by atoms with E-state index in [0.29, 0.717) is 31.6 Å². The van der Waals surface area contributed by atoms with Gasteiger partial charge in [-0.1, -0.05) is 65.2 Å². The van der Waals surface area contributed by atoms with Crippen molar-refractivity contribution >= 4 is 29.9 Å². The predicted molar refractivity (Wildman–Crippen MR) is 127 cm³/mol. The first-order chi connectivity index (χ1) is 13.9. The fourth-order valence-electron chi connectivity index (χ4n) is 2.96. The standard InChI is InChI=1S/C14H30O4Si.C8H18OSi/c1-5-9-10-11-12-13-14(15)19(16-6-2,17-7-3)18-8-4;1-2-3-4-5-6-7-8(9)10/h5-13H2,1-4H3;2-7H2,1,10H3. The zero-order valence-corrected chi connectivity index (χ0v) is 23.1. The molecule has 0 saturated heterocycles. The van der Waals surface area contributed by atoms with E-state index in [2.05, 4.69) is 13.8 Å². The monoisotopic (exact) mass is 448 g/mol. The Labute approximate surface area is 184 Å². The lowest BCUT2D eigenvalue weighted by molar-refractivity contribution is -0.119. The van der Waals surface area contributed by atoms with Crippen LogP contribution < -0.4 is 0 Å². The Kier molecular flexibility index (Phi) is 23.8. The van der Waals surface area contributed by atoms with Gasteiger partial charge in [0.05, 0.1) is 10.2 Å². The van der Waals surface area contributed by atoms with Crippen LogP contribution in [0.5, 0.6) is 0 Å². The molecule has 0 saturated carbocycles. The van der Waals surface area contributed by atoms with Crippen molar-refractivity contribution in [2.24, 2.45) is 0 Å². The molecular weight excluding hydrogens is 400 g/mol. The first-order valence-corrected chi connectivity index (χ1v) is 14.6. The third kappa shape index (κ3) is 18.2. The molecule has 0 atom stereocenters. The SMILES string of the molecule is CCCCCCCC(=O)[SiH3].CCCCCCCC(=O)[Si](OCC)(OCC)OCC. The van der Waals surface area contributed by atoms with Gasteiger partial charge in [-0.25, -0.2) is 0 Å². The molecule has 0 aromatic heterocycles. The molecular formula is C22H48O5Si2. The summed E-state index contributed by atoms with van der Waals surface area (Å²) in [5.41, 5.74) is 0. The molecule has 0 aromatic rings. The first kappa shape index (κ1) is 30.8. The highest BCUT2D eigenvalue weighted by molar-refractivity contribution is 6.92.